The van der Waals surface area contributed by atoms with E-state index in [0.717, 1.165) is 30.1 Å². The molecule has 19 heavy (non-hydrogen) atoms. The standard InChI is InChI=1S/C15H21NO3/c1-18-15(17)14-7-6-12(19-14)8-16-9-13(10-2-3-10)11-4-5-11/h6-7,10-11,13,16H,2-5,8-9H2,1H3. The lowest BCUT2D eigenvalue weighted by Gasteiger charge is -2.15. The molecule has 1 heterocycles. The molecular weight excluding hydrogens is 242 g/mol. The van der Waals surface area contributed by atoms with E-state index in [9.17, 15) is 4.79 Å². The zero-order valence-electron chi connectivity index (χ0n) is 11.4. The minimum Gasteiger partial charge on any atom is -0.463 e. The maximum Gasteiger partial charge on any atom is 0.373 e. The number of nitrogens with one attached hydrogen (secondary N) is 1. The largest absolute Gasteiger partial charge is 0.463 e. The predicted molar refractivity (Wildman–Crippen MR) is 70.7 cm³/mol. The van der Waals surface area contributed by atoms with Crippen LogP contribution in [0.15, 0.2) is 16.5 Å². The van der Waals surface area contributed by atoms with Gasteiger partial charge in [0.05, 0.1) is 13.7 Å². The van der Waals surface area contributed by atoms with Crippen LogP contribution >= 0.6 is 0 Å². The van der Waals surface area contributed by atoms with Crippen LogP contribution in [0.3, 0.4) is 0 Å². The van der Waals surface area contributed by atoms with Crippen molar-refractivity contribution < 1.29 is 13.9 Å². The fourth-order valence-electron chi connectivity index (χ4n) is 2.81. The van der Waals surface area contributed by atoms with Crippen molar-refractivity contribution in [2.75, 3.05) is 13.7 Å². The highest BCUT2D eigenvalue weighted by molar-refractivity contribution is 5.86. The topological polar surface area (TPSA) is 51.5 Å². The van der Waals surface area contributed by atoms with Gasteiger partial charge in [-0.3, -0.25) is 0 Å². The molecule has 0 saturated heterocycles. The lowest BCUT2D eigenvalue weighted by atomic mass is 9.98. The molecule has 0 aliphatic heterocycles. The molecule has 104 valence electrons. The van der Waals surface area contributed by atoms with Gasteiger partial charge in [-0.05, 0) is 62.1 Å². The lowest BCUT2D eigenvalue weighted by molar-refractivity contribution is 0.0563. The van der Waals surface area contributed by atoms with Gasteiger partial charge in [-0.1, -0.05) is 0 Å². The number of hydrogen-bond acceptors (Lipinski definition) is 4. The first-order chi connectivity index (χ1) is 9.28. The summed E-state index contributed by atoms with van der Waals surface area (Å²) in [6.07, 6.45) is 5.65. The van der Waals surface area contributed by atoms with Crippen molar-refractivity contribution in [2.24, 2.45) is 17.8 Å². The van der Waals surface area contributed by atoms with E-state index >= 15 is 0 Å². The van der Waals surface area contributed by atoms with Gasteiger partial charge >= 0.3 is 5.97 Å². The molecule has 0 spiro atoms. The molecule has 0 atom stereocenters. The van der Waals surface area contributed by atoms with Crippen molar-refractivity contribution in [3.63, 3.8) is 0 Å². The third-order valence-electron chi connectivity index (χ3n) is 4.18. The van der Waals surface area contributed by atoms with Gasteiger partial charge in [0.2, 0.25) is 5.76 Å². The van der Waals surface area contributed by atoms with Crippen LogP contribution in [0.2, 0.25) is 0 Å². The summed E-state index contributed by atoms with van der Waals surface area (Å²) < 4.78 is 10.1. The van der Waals surface area contributed by atoms with Crippen molar-refractivity contribution >= 4 is 5.97 Å². The lowest BCUT2D eigenvalue weighted by Crippen LogP contribution is -2.25. The predicted octanol–water partition coefficient (Wildman–Crippen LogP) is 2.59. The second-order valence-corrected chi connectivity index (χ2v) is 5.73. The molecule has 1 aromatic heterocycles. The van der Waals surface area contributed by atoms with Crippen molar-refractivity contribution in [2.45, 2.75) is 32.2 Å². The van der Waals surface area contributed by atoms with Crippen molar-refractivity contribution in [3.05, 3.63) is 23.7 Å². The van der Waals surface area contributed by atoms with E-state index in [-0.39, 0.29) is 5.76 Å². The molecule has 0 radical (unpaired) electrons. The molecule has 2 aliphatic carbocycles. The first-order valence-corrected chi connectivity index (χ1v) is 7.15. The zero-order chi connectivity index (χ0) is 13.2. The molecule has 4 nitrogen and oxygen atoms in total. The highest BCUT2D eigenvalue weighted by Crippen LogP contribution is 2.48. The highest BCUT2D eigenvalue weighted by Gasteiger charge is 2.40. The molecule has 2 fully saturated rings. The van der Waals surface area contributed by atoms with E-state index in [1.165, 1.54) is 32.8 Å². The fourth-order valence-corrected chi connectivity index (χ4v) is 2.81. The first kappa shape index (κ1) is 12.7. The minimum atomic E-state index is -0.417. The summed E-state index contributed by atoms with van der Waals surface area (Å²) in [6.45, 7) is 1.76. The van der Waals surface area contributed by atoms with E-state index in [0.29, 0.717) is 6.54 Å². The van der Waals surface area contributed by atoms with Gasteiger partial charge in [0.1, 0.15) is 5.76 Å². The maximum absolute atomic E-state index is 11.3. The molecule has 0 unspecified atom stereocenters. The number of furan rings is 1. The Kier molecular flexibility index (Phi) is 3.60. The van der Waals surface area contributed by atoms with Gasteiger partial charge in [0.25, 0.3) is 0 Å². The zero-order valence-corrected chi connectivity index (χ0v) is 11.4. The Balaban J connectivity index is 1.46. The summed E-state index contributed by atoms with van der Waals surface area (Å²) in [5.41, 5.74) is 0. The van der Waals surface area contributed by atoms with Gasteiger partial charge in [-0.2, -0.15) is 0 Å². The van der Waals surface area contributed by atoms with E-state index in [1.807, 2.05) is 6.07 Å². The van der Waals surface area contributed by atoms with Crippen LogP contribution in [-0.2, 0) is 11.3 Å². The third-order valence-corrected chi connectivity index (χ3v) is 4.18. The fraction of sp³-hybridized carbons (Fsp3) is 0.667. The van der Waals surface area contributed by atoms with Crippen LogP contribution in [0, 0.1) is 17.8 Å². The Morgan fingerprint density at radius 3 is 2.63 bits per heavy atom. The Hall–Kier alpha value is -1.29. The van der Waals surface area contributed by atoms with Gasteiger partial charge in [-0.25, -0.2) is 4.79 Å². The van der Waals surface area contributed by atoms with Crippen molar-refractivity contribution in [1.82, 2.24) is 5.32 Å². The number of rotatable bonds is 7. The van der Waals surface area contributed by atoms with Crippen LogP contribution in [0.25, 0.3) is 0 Å². The number of ether oxygens (including phenoxy) is 1. The van der Waals surface area contributed by atoms with Gasteiger partial charge in [-0.15, -0.1) is 0 Å². The average Bonchev–Trinajstić information content (AvgIpc) is 3.34. The number of carbonyl (C=O) groups is 1. The molecule has 0 bridgehead atoms. The SMILES string of the molecule is COC(=O)c1ccc(CNCC(C2CC2)C2CC2)o1. The van der Waals surface area contributed by atoms with E-state index in [4.69, 9.17) is 4.42 Å². The Bertz CT molecular complexity index is 434. The van der Waals surface area contributed by atoms with E-state index < -0.39 is 5.97 Å². The monoisotopic (exact) mass is 263 g/mol. The summed E-state index contributed by atoms with van der Waals surface area (Å²) in [5.74, 6) is 3.44. The van der Waals surface area contributed by atoms with Crippen molar-refractivity contribution in [3.8, 4) is 0 Å². The van der Waals surface area contributed by atoms with Crippen LogP contribution in [0.5, 0.6) is 0 Å². The summed E-state index contributed by atoms with van der Waals surface area (Å²) in [4.78, 5) is 11.3. The summed E-state index contributed by atoms with van der Waals surface area (Å²) in [7, 11) is 1.36. The van der Waals surface area contributed by atoms with Crippen LogP contribution in [-0.4, -0.2) is 19.6 Å². The quantitative estimate of drug-likeness (QED) is 0.768. The van der Waals surface area contributed by atoms with Gasteiger partial charge < -0.3 is 14.5 Å². The van der Waals surface area contributed by atoms with E-state index in [1.54, 1.807) is 6.07 Å². The molecule has 3 rings (SSSR count). The Labute approximate surface area is 113 Å². The number of methoxy groups -OCH3 is 1. The molecular formula is C15H21NO3. The van der Waals surface area contributed by atoms with Gasteiger partial charge in [0.15, 0.2) is 0 Å². The molecule has 4 heteroatoms. The maximum atomic E-state index is 11.3. The van der Waals surface area contributed by atoms with Crippen LogP contribution in [0.1, 0.15) is 42.0 Å². The minimum absolute atomic E-state index is 0.278. The number of carbonyl (C=O) groups excluding carboxylic acids is 1. The first-order valence-electron chi connectivity index (χ1n) is 7.15. The summed E-state index contributed by atoms with van der Waals surface area (Å²) in [5, 5.41) is 3.47. The van der Waals surface area contributed by atoms with Gasteiger partial charge in [0, 0.05) is 0 Å². The molecule has 1 aromatic rings. The molecule has 2 aliphatic rings. The molecule has 1 N–H and O–H groups in total. The van der Waals surface area contributed by atoms with E-state index in [2.05, 4.69) is 10.1 Å². The summed E-state index contributed by atoms with van der Waals surface area (Å²) >= 11 is 0. The second kappa shape index (κ2) is 5.37. The van der Waals surface area contributed by atoms with Crippen molar-refractivity contribution in [1.29, 1.82) is 0 Å². The highest BCUT2D eigenvalue weighted by atomic mass is 16.5. The van der Waals surface area contributed by atoms with Crippen LogP contribution < -0.4 is 5.32 Å². The second-order valence-electron chi connectivity index (χ2n) is 5.73. The number of hydrogen-bond donors (Lipinski definition) is 1. The normalized spacial score (nSPS) is 18.8. The Morgan fingerprint density at radius 1 is 1.37 bits per heavy atom. The Morgan fingerprint density at radius 2 is 2.05 bits per heavy atom. The average molecular weight is 263 g/mol. The molecule has 0 amide bonds. The molecule has 0 aromatic carbocycles. The molecule has 2 saturated carbocycles. The number of esters is 1. The third kappa shape index (κ3) is 3.18. The van der Waals surface area contributed by atoms with Crippen LogP contribution in [0.4, 0.5) is 0 Å². The smallest absolute Gasteiger partial charge is 0.373 e. The summed E-state index contributed by atoms with van der Waals surface area (Å²) in [6, 6.07) is 3.50.